The molecule has 2 aromatic carbocycles. The Morgan fingerprint density at radius 3 is 2.48 bits per heavy atom. The van der Waals surface area contributed by atoms with Crippen molar-refractivity contribution in [2.24, 2.45) is 0 Å². The topological polar surface area (TPSA) is 93.5 Å². The van der Waals surface area contributed by atoms with Gasteiger partial charge in [-0.1, -0.05) is 18.2 Å². The van der Waals surface area contributed by atoms with Gasteiger partial charge in [-0.05, 0) is 48.7 Å². The van der Waals surface area contributed by atoms with Gasteiger partial charge in [0.25, 0.3) is 5.56 Å². The van der Waals surface area contributed by atoms with Gasteiger partial charge in [-0.3, -0.25) is 14.5 Å². The van der Waals surface area contributed by atoms with Crippen LogP contribution in [-0.2, 0) is 22.6 Å². The maximum atomic E-state index is 13.7. The number of carbonyl (C=O) groups is 1. The molecule has 1 fully saturated rings. The fourth-order valence-corrected chi connectivity index (χ4v) is 4.88. The molecule has 4 rings (SSSR count). The van der Waals surface area contributed by atoms with Crippen molar-refractivity contribution in [1.29, 1.82) is 0 Å². The van der Waals surface area contributed by atoms with Crippen molar-refractivity contribution in [3.05, 3.63) is 93.9 Å². The minimum atomic E-state index is -1.48. The molecular formula is C31H37F2N3O6. The number of hydrogen-bond donors (Lipinski definition) is 1. The quantitative estimate of drug-likeness (QED) is 0.327. The first kappa shape index (κ1) is 31.1. The maximum Gasteiger partial charge on any atom is 0.250 e. The third kappa shape index (κ3) is 8.85. The number of aromatic nitrogens is 1. The lowest BCUT2D eigenvalue weighted by molar-refractivity contribution is -0.138. The summed E-state index contributed by atoms with van der Waals surface area (Å²) in [6, 6.07) is 14.2. The summed E-state index contributed by atoms with van der Waals surface area (Å²) in [6.07, 6.45) is 2.52. The Morgan fingerprint density at radius 1 is 0.976 bits per heavy atom. The van der Waals surface area contributed by atoms with Crippen LogP contribution in [0, 0.1) is 18.6 Å². The third-order valence-corrected chi connectivity index (χ3v) is 6.98. The number of methoxy groups -OCH3 is 1. The number of rotatable bonds is 12. The van der Waals surface area contributed by atoms with E-state index in [0.29, 0.717) is 45.0 Å². The van der Waals surface area contributed by atoms with Gasteiger partial charge in [0.1, 0.15) is 30.3 Å². The molecular weight excluding hydrogens is 548 g/mol. The van der Waals surface area contributed by atoms with E-state index in [-0.39, 0.29) is 43.5 Å². The highest BCUT2D eigenvalue weighted by Gasteiger charge is 2.37. The summed E-state index contributed by atoms with van der Waals surface area (Å²) < 4.78 is 45.2. The lowest BCUT2D eigenvalue weighted by atomic mass is 10.0. The van der Waals surface area contributed by atoms with E-state index in [1.54, 1.807) is 16.7 Å². The van der Waals surface area contributed by atoms with E-state index < -0.39 is 17.2 Å². The molecule has 226 valence electrons. The average Bonchev–Trinajstić information content (AvgIpc) is 3.13. The molecule has 1 aliphatic rings. The van der Waals surface area contributed by atoms with Crippen LogP contribution in [0.1, 0.15) is 17.5 Å². The SMILES string of the molecule is COCC(=O)N1CCN(Cc2ccc(OCCCn3cc(C)ccc3=O)cc2)CC(O)(COc2ccc(F)c(F)c2)C1. The van der Waals surface area contributed by atoms with Gasteiger partial charge in [0.15, 0.2) is 11.6 Å². The van der Waals surface area contributed by atoms with Gasteiger partial charge in [-0.2, -0.15) is 0 Å². The Morgan fingerprint density at radius 2 is 1.74 bits per heavy atom. The number of halogens is 2. The zero-order chi connectivity index (χ0) is 30.1. The Labute approximate surface area is 243 Å². The van der Waals surface area contributed by atoms with E-state index in [1.807, 2.05) is 42.3 Å². The molecule has 1 unspecified atom stereocenters. The average molecular weight is 586 g/mol. The molecule has 0 aliphatic carbocycles. The fraction of sp³-hybridized carbons (Fsp3) is 0.419. The molecule has 1 saturated heterocycles. The standard InChI is InChI=1S/C31H37F2N3O6/c1-23-4-11-29(37)35(17-23)12-3-15-41-25-7-5-24(6-8-25)18-34-13-14-36(30(38)19-40-2)21-31(39,20-34)22-42-26-9-10-27(32)28(33)16-26/h4-11,16-17,39H,3,12-15,18-22H2,1-2H3. The second kappa shape index (κ2) is 14.4. The van der Waals surface area contributed by atoms with Crippen LogP contribution in [0.5, 0.6) is 11.5 Å². The van der Waals surface area contributed by atoms with E-state index in [4.69, 9.17) is 14.2 Å². The molecule has 2 heterocycles. The van der Waals surface area contributed by atoms with Crippen LogP contribution in [0.2, 0.25) is 0 Å². The van der Waals surface area contributed by atoms with Gasteiger partial charge in [-0.25, -0.2) is 8.78 Å². The lowest BCUT2D eigenvalue weighted by Crippen LogP contribution is -2.52. The normalized spacial score (nSPS) is 17.6. The molecule has 0 bridgehead atoms. The van der Waals surface area contributed by atoms with Gasteiger partial charge in [0.2, 0.25) is 5.91 Å². The summed E-state index contributed by atoms with van der Waals surface area (Å²) in [5.74, 6) is -1.52. The molecule has 1 aromatic heterocycles. The zero-order valence-corrected chi connectivity index (χ0v) is 23.9. The minimum Gasteiger partial charge on any atom is -0.494 e. The van der Waals surface area contributed by atoms with Crippen LogP contribution in [0.3, 0.4) is 0 Å². The Hall–Kier alpha value is -3.80. The molecule has 9 nitrogen and oxygen atoms in total. The number of amides is 1. The van der Waals surface area contributed by atoms with Crippen LogP contribution < -0.4 is 15.0 Å². The first-order chi connectivity index (χ1) is 20.1. The summed E-state index contributed by atoms with van der Waals surface area (Å²) >= 11 is 0. The van der Waals surface area contributed by atoms with E-state index in [2.05, 4.69) is 0 Å². The number of carbonyl (C=O) groups excluding carboxylic acids is 1. The summed E-state index contributed by atoms with van der Waals surface area (Å²) in [5.41, 5.74) is 0.494. The highest BCUT2D eigenvalue weighted by Crippen LogP contribution is 2.22. The van der Waals surface area contributed by atoms with Gasteiger partial charge < -0.3 is 28.8 Å². The molecule has 42 heavy (non-hydrogen) atoms. The smallest absolute Gasteiger partial charge is 0.250 e. The van der Waals surface area contributed by atoms with Crippen molar-refractivity contribution in [3.8, 4) is 11.5 Å². The number of β-amino-alcohol motifs (C(OH)–C–C–N with tert-alkyl or cyclic N) is 1. The van der Waals surface area contributed by atoms with Crippen molar-refractivity contribution in [3.63, 3.8) is 0 Å². The van der Waals surface area contributed by atoms with Gasteiger partial charge >= 0.3 is 0 Å². The van der Waals surface area contributed by atoms with Crippen molar-refractivity contribution >= 4 is 5.91 Å². The first-order valence-corrected chi connectivity index (χ1v) is 13.8. The van der Waals surface area contributed by atoms with Crippen LogP contribution in [0.25, 0.3) is 0 Å². The van der Waals surface area contributed by atoms with E-state index >= 15 is 0 Å². The fourth-order valence-electron chi connectivity index (χ4n) is 4.88. The highest BCUT2D eigenvalue weighted by atomic mass is 19.2. The molecule has 1 N–H and O–H groups in total. The third-order valence-electron chi connectivity index (χ3n) is 6.98. The predicted octanol–water partition coefficient (Wildman–Crippen LogP) is 3.00. The van der Waals surface area contributed by atoms with Gasteiger partial charge in [0, 0.05) is 58.2 Å². The number of benzene rings is 2. The summed E-state index contributed by atoms with van der Waals surface area (Å²) in [5, 5.41) is 11.5. The van der Waals surface area contributed by atoms with Crippen LogP contribution in [0.4, 0.5) is 8.78 Å². The van der Waals surface area contributed by atoms with Gasteiger partial charge in [0.05, 0.1) is 13.2 Å². The number of ether oxygens (including phenoxy) is 3. The van der Waals surface area contributed by atoms with Crippen LogP contribution in [-0.4, -0.2) is 84.1 Å². The van der Waals surface area contributed by atoms with Crippen molar-refractivity contribution in [1.82, 2.24) is 14.4 Å². The predicted molar refractivity (Wildman–Crippen MR) is 153 cm³/mol. The van der Waals surface area contributed by atoms with E-state index in [9.17, 15) is 23.5 Å². The largest absolute Gasteiger partial charge is 0.494 e. The highest BCUT2D eigenvalue weighted by molar-refractivity contribution is 5.77. The number of nitrogens with zero attached hydrogens (tertiary/aromatic N) is 3. The Bertz CT molecular complexity index is 1400. The van der Waals surface area contributed by atoms with Crippen molar-refractivity contribution in [2.75, 3.05) is 53.1 Å². The van der Waals surface area contributed by atoms with Gasteiger partial charge in [-0.15, -0.1) is 0 Å². The number of aliphatic hydroxyl groups is 1. The molecule has 0 spiro atoms. The second-order valence-corrected chi connectivity index (χ2v) is 10.6. The lowest BCUT2D eigenvalue weighted by Gasteiger charge is -2.33. The maximum absolute atomic E-state index is 13.7. The molecule has 0 radical (unpaired) electrons. The summed E-state index contributed by atoms with van der Waals surface area (Å²) in [4.78, 5) is 28.1. The molecule has 1 amide bonds. The summed E-state index contributed by atoms with van der Waals surface area (Å²) in [7, 11) is 1.43. The molecule has 0 saturated carbocycles. The van der Waals surface area contributed by atoms with Crippen LogP contribution in [0.15, 0.2) is 65.6 Å². The van der Waals surface area contributed by atoms with Crippen molar-refractivity contribution < 1.29 is 32.9 Å². The number of hydrogen-bond acceptors (Lipinski definition) is 7. The molecule has 3 aromatic rings. The van der Waals surface area contributed by atoms with E-state index in [1.165, 1.54) is 18.1 Å². The second-order valence-electron chi connectivity index (χ2n) is 10.6. The monoisotopic (exact) mass is 585 g/mol. The minimum absolute atomic E-state index is 0.00315. The molecule has 1 aliphatic heterocycles. The van der Waals surface area contributed by atoms with Crippen molar-refractivity contribution in [2.45, 2.75) is 32.0 Å². The van der Waals surface area contributed by atoms with E-state index in [0.717, 1.165) is 23.3 Å². The molecule has 1 atom stereocenters. The zero-order valence-electron chi connectivity index (χ0n) is 23.9. The Balaban J connectivity index is 1.35. The Kier molecular flexibility index (Phi) is 10.7. The number of pyridine rings is 1. The van der Waals surface area contributed by atoms with Crippen LogP contribution >= 0.6 is 0 Å². The molecule has 11 heteroatoms. The number of aryl methyl sites for hydroxylation is 2. The first-order valence-electron chi connectivity index (χ1n) is 13.8. The summed E-state index contributed by atoms with van der Waals surface area (Å²) in [6.45, 7) is 4.18.